The minimum atomic E-state index is -0.432. The molecule has 0 fully saturated rings. The van der Waals surface area contributed by atoms with Crippen LogP contribution in [-0.2, 0) is 27.1 Å². The van der Waals surface area contributed by atoms with Gasteiger partial charge in [-0.15, -0.1) is 0 Å². The van der Waals surface area contributed by atoms with Gasteiger partial charge in [-0.05, 0) is 149 Å². The summed E-state index contributed by atoms with van der Waals surface area (Å²) in [5, 5.41) is 2.24. The van der Waals surface area contributed by atoms with Gasteiger partial charge in [-0.1, -0.05) is 219 Å². The van der Waals surface area contributed by atoms with Gasteiger partial charge in [-0.3, -0.25) is 13.7 Å². The van der Waals surface area contributed by atoms with Crippen LogP contribution >= 0.6 is 0 Å². The summed E-state index contributed by atoms with van der Waals surface area (Å²) in [6.07, 6.45) is 5.81. The molecule has 0 unspecified atom stereocenters. The monoisotopic (exact) mass is 1040 g/mol. The van der Waals surface area contributed by atoms with E-state index < -0.39 is 6.04 Å². The molecule has 0 atom stereocenters. The van der Waals surface area contributed by atoms with E-state index in [0.717, 1.165) is 94.5 Å². The highest BCUT2D eigenvalue weighted by Crippen LogP contribution is 2.44. The summed E-state index contributed by atoms with van der Waals surface area (Å²) in [5.74, 6) is 2.17. The normalized spacial score (nSPS) is 13.6. The Kier molecular flexibility index (Phi) is 11.6. The highest BCUT2D eigenvalue weighted by atomic mass is 16.5. The third-order valence-corrected chi connectivity index (χ3v) is 15.4. The number of para-hydroxylation sites is 3. The van der Waals surface area contributed by atoms with Crippen molar-refractivity contribution in [2.75, 3.05) is 0 Å². The second kappa shape index (κ2) is 19.4. The molecule has 0 amide bonds. The first-order valence-electron chi connectivity index (χ1n) is 30.2. The largest absolute Gasteiger partial charge is 0.458 e. The zero-order valence-corrected chi connectivity index (χ0v) is 48.7. The lowest BCUT2D eigenvalue weighted by Crippen LogP contribution is -2.32. The summed E-state index contributed by atoms with van der Waals surface area (Å²) in [6, 6.07) is 51.5. The number of imidazole rings is 1. The number of ether oxygens (including phenoxy) is 1. The van der Waals surface area contributed by atoms with E-state index in [9.17, 15) is 2.74 Å². The fourth-order valence-corrected chi connectivity index (χ4v) is 10.7. The second-order valence-corrected chi connectivity index (χ2v) is 26.6. The van der Waals surface area contributed by atoms with Crippen molar-refractivity contribution < 1.29 is 16.2 Å². The molecule has 0 spiro atoms. The summed E-state index contributed by atoms with van der Waals surface area (Å²) in [7, 11) is 0. The third-order valence-electron chi connectivity index (χ3n) is 15.4. The van der Waals surface area contributed by atoms with E-state index in [1.807, 2.05) is 42.6 Å². The minimum Gasteiger partial charge on any atom is -0.458 e. The van der Waals surface area contributed by atoms with E-state index in [2.05, 4.69) is 239 Å². The molecular formula is C74H76N4O. The van der Waals surface area contributed by atoms with Crippen molar-refractivity contribution in [2.45, 2.75) is 131 Å². The van der Waals surface area contributed by atoms with Crippen molar-refractivity contribution in [2.24, 2.45) is 0 Å². The van der Waals surface area contributed by atoms with Crippen LogP contribution in [-0.4, -0.2) is 14.1 Å². The fraction of sp³-hybridized carbons (Fsp3) is 0.270. The van der Waals surface area contributed by atoms with Crippen LogP contribution in [0.4, 0.5) is 0 Å². The molecule has 0 bridgehead atoms. The van der Waals surface area contributed by atoms with E-state index in [-0.39, 0.29) is 56.8 Å². The van der Waals surface area contributed by atoms with Crippen LogP contribution in [0.5, 0.6) is 11.5 Å². The Hall–Kier alpha value is -8.02. The maximum atomic E-state index is 9.43. The number of rotatable bonds is 8. The highest BCUT2D eigenvalue weighted by molar-refractivity contribution is 6.09. The van der Waals surface area contributed by atoms with Crippen LogP contribution in [0.1, 0.15) is 139 Å². The Morgan fingerprint density at radius 1 is 0.443 bits per heavy atom. The molecule has 0 N–H and O–H groups in total. The van der Waals surface area contributed by atoms with Gasteiger partial charge in [0.25, 0.3) is 6.33 Å². The molecular weight excluding hydrogens is 961 g/mol. The maximum Gasteiger partial charge on any atom is 0.269 e. The summed E-state index contributed by atoms with van der Waals surface area (Å²) in [4.78, 5) is 4.91. The second-order valence-electron chi connectivity index (χ2n) is 26.6. The number of pyridine rings is 1. The van der Waals surface area contributed by atoms with E-state index in [0.29, 0.717) is 17.1 Å². The van der Waals surface area contributed by atoms with Gasteiger partial charge in [0, 0.05) is 23.0 Å². The molecule has 5 nitrogen and oxygen atoms in total. The molecule has 0 aliphatic carbocycles. The quantitative estimate of drug-likeness (QED) is 0.112. The Morgan fingerprint density at radius 3 is 1.56 bits per heavy atom. The van der Waals surface area contributed by atoms with Gasteiger partial charge in [0.1, 0.15) is 17.3 Å². The van der Waals surface area contributed by atoms with E-state index >= 15 is 0 Å². The molecule has 3 aromatic heterocycles. The zero-order chi connectivity index (χ0) is 60.3. The average Bonchev–Trinajstić information content (AvgIpc) is 1.59. The Labute approximate surface area is 476 Å². The lowest BCUT2D eigenvalue weighted by molar-refractivity contribution is -0.571. The topological polar surface area (TPSA) is 35.9 Å². The third kappa shape index (κ3) is 10.3. The molecule has 5 heteroatoms. The standard InChI is InChI=1S/C74H76N4O/c1-70(2,3)52-34-35-75-68(44-52)78-64-29-20-19-28-60(64)61-33-32-59(46-67(61)78)79-58-27-23-26-57(45-58)76-47-77(66-31-22-21-30-65(66)76)69-62(50-36-53(71(4,5)6)42-54(37-50)72(7,8)9)40-49(48-24-17-16-18-25-48)41-63(69)51-38-55(73(10,11)12)43-56(39-51)74(13,14)15/h16-46H,1-15H3/i16D,17D,18D,24D,25D. The first kappa shape index (κ1) is 47.0. The van der Waals surface area contributed by atoms with Crippen molar-refractivity contribution in [3.05, 3.63) is 222 Å². The number of hydrogen-bond donors (Lipinski definition) is 0. The summed E-state index contributed by atoms with van der Waals surface area (Å²) < 4.78 is 58.7. The lowest BCUT2D eigenvalue weighted by Gasteiger charge is -2.28. The first-order valence-corrected chi connectivity index (χ1v) is 27.7. The molecule has 8 aromatic carbocycles. The molecule has 0 aliphatic heterocycles. The molecule has 0 aliphatic rings. The van der Waals surface area contributed by atoms with Crippen molar-refractivity contribution in [1.29, 1.82) is 0 Å². The SMILES string of the molecule is [2H]c1c([2H])c([2H])c(-c2cc(-c3cc(C(C)(C)C)cc(C(C)(C)C)c3)c(-[n+]3[c-]n(-c4cccc(Oc5ccc6c7ccccc7n(-c7cc(C(C)(C)C)ccn7)c6c5)c4)c4ccccc43)c(-c3cc(C(C)(C)C)cc(C(C)(C)C)c3)c2)c([2H])c1[2H]. The van der Waals surface area contributed by atoms with Crippen molar-refractivity contribution in [3.8, 4) is 62.1 Å². The van der Waals surface area contributed by atoms with Crippen LogP contribution in [0.2, 0.25) is 0 Å². The van der Waals surface area contributed by atoms with Crippen molar-refractivity contribution in [1.82, 2.24) is 14.1 Å². The van der Waals surface area contributed by atoms with Gasteiger partial charge in [0.2, 0.25) is 0 Å². The molecule has 398 valence electrons. The molecule has 79 heavy (non-hydrogen) atoms. The zero-order valence-electron chi connectivity index (χ0n) is 53.7. The molecule has 11 aromatic rings. The molecule has 11 rings (SSSR count). The number of benzene rings is 8. The highest BCUT2D eigenvalue weighted by Gasteiger charge is 2.28. The van der Waals surface area contributed by atoms with Gasteiger partial charge in [0.15, 0.2) is 0 Å². The van der Waals surface area contributed by atoms with Crippen LogP contribution in [0.15, 0.2) is 188 Å². The Morgan fingerprint density at radius 2 is 0.975 bits per heavy atom. The van der Waals surface area contributed by atoms with E-state index in [4.69, 9.17) is 13.8 Å². The predicted octanol–water partition coefficient (Wildman–Crippen LogP) is 19.5. The number of nitrogens with zero attached hydrogens (tertiary/aromatic N) is 4. The van der Waals surface area contributed by atoms with E-state index in [1.165, 1.54) is 5.56 Å². The minimum absolute atomic E-state index is 0.0630. The Balaban J connectivity index is 1.17. The Bertz CT molecular complexity index is 4240. The van der Waals surface area contributed by atoms with E-state index in [1.54, 1.807) is 0 Å². The van der Waals surface area contributed by atoms with Gasteiger partial charge < -0.3 is 4.74 Å². The molecule has 3 heterocycles. The summed E-state index contributed by atoms with van der Waals surface area (Å²) in [5.41, 5.74) is 14.4. The van der Waals surface area contributed by atoms with Crippen LogP contribution in [0.25, 0.3) is 83.4 Å². The van der Waals surface area contributed by atoms with Gasteiger partial charge in [-0.25, -0.2) is 4.98 Å². The predicted molar refractivity (Wildman–Crippen MR) is 332 cm³/mol. The van der Waals surface area contributed by atoms with Gasteiger partial charge in [-0.2, -0.15) is 0 Å². The van der Waals surface area contributed by atoms with Crippen LogP contribution in [0, 0.1) is 6.33 Å². The molecule has 0 radical (unpaired) electrons. The maximum absolute atomic E-state index is 9.43. The lowest BCUT2D eigenvalue weighted by atomic mass is 9.77. The fourth-order valence-electron chi connectivity index (χ4n) is 10.7. The molecule has 0 saturated heterocycles. The van der Waals surface area contributed by atoms with Crippen LogP contribution < -0.4 is 9.30 Å². The number of hydrogen-bond acceptors (Lipinski definition) is 2. The number of aromatic nitrogens is 4. The number of fused-ring (bicyclic) bond motifs is 4. The molecule has 0 saturated carbocycles. The van der Waals surface area contributed by atoms with Crippen molar-refractivity contribution >= 4 is 32.8 Å². The smallest absolute Gasteiger partial charge is 0.269 e. The summed E-state index contributed by atoms with van der Waals surface area (Å²) >= 11 is 0. The van der Waals surface area contributed by atoms with Gasteiger partial charge in [0.05, 0.1) is 40.3 Å². The van der Waals surface area contributed by atoms with Gasteiger partial charge >= 0.3 is 0 Å². The summed E-state index contributed by atoms with van der Waals surface area (Å²) in [6.45, 7) is 33.5. The first-order chi connectivity index (χ1) is 39.4. The van der Waals surface area contributed by atoms with Crippen molar-refractivity contribution in [3.63, 3.8) is 0 Å². The average molecular weight is 1040 g/mol. The van der Waals surface area contributed by atoms with Crippen LogP contribution in [0.3, 0.4) is 0 Å².